The van der Waals surface area contributed by atoms with Gasteiger partial charge in [-0.2, -0.15) is 0 Å². The Morgan fingerprint density at radius 1 is 1.00 bits per heavy atom. The molecule has 0 bridgehead atoms. The number of ether oxygens (including phenoxy) is 1. The van der Waals surface area contributed by atoms with Crippen LogP contribution in [0.1, 0.15) is 20.0 Å². The molecule has 0 unspecified atom stereocenters. The summed E-state index contributed by atoms with van der Waals surface area (Å²) in [7, 11) is 0. The molecule has 0 atom stereocenters. The van der Waals surface area contributed by atoms with Crippen molar-refractivity contribution in [2.45, 2.75) is 0 Å². The first-order chi connectivity index (χ1) is 11.0. The molecule has 0 aliphatic rings. The van der Waals surface area contributed by atoms with Crippen LogP contribution in [0.15, 0.2) is 48.5 Å². The van der Waals surface area contributed by atoms with Crippen molar-refractivity contribution in [1.29, 1.82) is 0 Å². The van der Waals surface area contributed by atoms with Crippen LogP contribution in [0.3, 0.4) is 0 Å². The van der Waals surface area contributed by atoms with E-state index in [0.717, 1.165) is 28.3 Å². The number of rotatable bonds is 4. The SMILES string of the molecule is O=C(COC(=O)c1cc2ccccc2s1)c1ccc(F)c(F)c1. The highest BCUT2D eigenvalue weighted by Crippen LogP contribution is 2.25. The monoisotopic (exact) mass is 332 g/mol. The number of benzene rings is 2. The normalized spacial score (nSPS) is 10.7. The van der Waals surface area contributed by atoms with Crippen LogP contribution in [0, 0.1) is 11.6 Å². The average molecular weight is 332 g/mol. The smallest absolute Gasteiger partial charge is 0.348 e. The highest BCUT2D eigenvalue weighted by molar-refractivity contribution is 7.20. The van der Waals surface area contributed by atoms with E-state index in [9.17, 15) is 18.4 Å². The molecule has 3 aromatic rings. The zero-order valence-electron chi connectivity index (χ0n) is 11.7. The summed E-state index contributed by atoms with van der Waals surface area (Å²) in [6, 6.07) is 11.9. The van der Waals surface area contributed by atoms with Gasteiger partial charge in [0.05, 0.1) is 0 Å². The highest BCUT2D eigenvalue weighted by atomic mass is 32.1. The van der Waals surface area contributed by atoms with Gasteiger partial charge in [-0.1, -0.05) is 18.2 Å². The highest BCUT2D eigenvalue weighted by Gasteiger charge is 2.15. The van der Waals surface area contributed by atoms with Gasteiger partial charge >= 0.3 is 5.97 Å². The Balaban J connectivity index is 1.68. The van der Waals surface area contributed by atoms with E-state index in [1.807, 2.05) is 24.3 Å². The van der Waals surface area contributed by atoms with Gasteiger partial charge in [-0.05, 0) is 35.7 Å². The van der Waals surface area contributed by atoms with Crippen LogP contribution >= 0.6 is 11.3 Å². The number of hydrogen-bond acceptors (Lipinski definition) is 4. The molecule has 2 aromatic carbocycles. The molecule has 116 valence electrons. The number of hydrogen-bond donors (Lipinski definition) is 0. The molecule has 0 spiro atoms. The Labute approximate surface area is 134 Å². The molecule has 0 aliphatic heterocycles. The first-order valence-corrected chi connectivity index (χ1v) is 7.50. The van der Waals surface area contributed by atoms with Gasteiger partial charge < -0.3 is 4.74 Å². The molecule has 1 aromatic heterocycles. The minimum atomic E-state index is -1.12. The van der Waals surface area contributed by atoms with Crippen molar-refractivity contribution in [1.82, 2.24) is 0 Å². The third kappa shape index (κ3) is 3.27. The Morgan fingerprint density at radius 3 is 2.52 bits per heavy atom. The second kappa shape index (κ2) is 6.26. The first kappa shape index (κ1) is 15.3. The van der Waals surface area contributed by atoms with Crippen molar-refractivity contribution < 1.29 is 23.1 Å². The maximum atomic E-state index is 13.1. The number of esters is 1. The number of ketones is 1. The molecule has 0 N–H and O–H groups in total. The third-order valence-corrected chi connectivity index (χ3v) is 4.30. The molecular formula is C17H10F2O3S. The molecule has 0 saturated carbocycles. The number of thiophene rings is 1. The summed E-state index contributed by atoms with van der Waals surface area (Å²) in [5.41, 5.74) is -0.0481. The molecule has 6 heteroatoms. The Hall–Kier alpha value is -2.60. The molecule has 0 fully saturated rings. The number of Topliss-reactive ketones (excluding diaryl/α,β-unsaturated/α-hetero) is 1. The minimum Gasteiger partial charge on any atom is -0.453 e. The van der Waals surface area contributed by atoms with Crippen LogP contribution in [-0.2, 0) is 4.74 Å². The van der Waals surface area contributed by atoms with Crippen molar-refractivity contribution in [3.8, 4) is 0 Å². The van der Waals surface area contributed by atoms with Gasteiger partial charge in [0.2, 0.25) is 0 Å². The lowest BCUT2D eigenvalue weighted by atomic mass is 10.1. The van der Waals surface area contributed by atoms with Crippen LogP contribution in [-0.4, -0.2) is 18.4 Å². The van der Waals surface area contributed by atoms with E-state index in [2.05, 4.69) is 0 Å². The molecule has 0 amide bonds. The number of carbonyl (C=O) groups excluding carboxylic acids is 2. The second-order valence-corrected chi connectivity index (χ2v) is 5.86. The van der Waals surface area contributed by atoms with Gasteiger partial charge in [-0.15, -0.1) is 11.3 Å². The minimum absolute atomic E-state index is 0.0481. The summed E-state index contributed by atoms with van der Waals surface area (Å²) < 4.78 is 31.8. The van der Waals surface area contributed by atoms with Crippen LogP contribution < -0.4 is 0 Å². The van der Waals surface area contributed by atoms with E-state index < -0.39 is 30.0 Å². The van der Waals surface area contributed by atoms with Gasteiger partial charge in [0.1, 0.15) is 4.88 Å². The zero-order valence-corrected chi connectivity index (χ0v) is 12.5. The number of halogens is 2. The quantitative estimate of drug-likeness (QED) is 0.531. The molecule has 1 heterocycles. The Bertz CT molecular complexity index is 869. The van der Waals surface area contributed by atoms with Gasteiger partial charge in [0.15, 0.2) is 24.0 Å². The average Bonchev–Trinajstić information content (AvgIpc) is 2.99. The summed E-state index contributed by atoms with van der Waals surface area (Å²) in [4.78, 5) is 24.2. The third-order valence-electron chi connectivity index (χ3n) is 3.20. The van der Waals surface area contributed by atoms with E-state index in [0.29, 0.717) is 4.88 Å². The second-order valence-electron chi connectivity index (χ2n) is 4.78. The van der Waals surface area contributed by atoms with Crippen molar-refractivity contribution in [3.63, 3.8) is 0 Å². The maximum absolute atomic E-state index is 13.1. The molecule has 3 nitrogen and oxygen atoms in total. The van der Waals surface area contributed by atoms with E-state index in [4.69, 9.17) is 4.74 Å². The molecule has 3 rings (SSSR count). The van der Waals surface area contributed by atoms with Gasteiger partial charge in [-0.3, -0.25) is 4.79 Å². The lowest BCUT2D eigenvalue weighted by Crippen LogP contribution is -2.13. The van der Waals surface area contributed by atoms with E-state index in [1.165, 1.54) is 11.3 Å². The predicted molar refractivity (Wildman–Crippen MR) is 82.8 cm³/mol. The zero-order chi connectivity index (χ0) is 16.4. The van der Waals surface area contributed by atoms with Crippen molar-refractivity contribution in [2.24, 2.45) is 0 Å². The van der Waals surface area contributed by atoms with Crippen molar-refractivity contribution in [3.05, 3.63) is 70.6 Å². The molecular weight excluding hydrogens is 322 g/mol. The van der Waals surface area contributed by atoms with Crippen LogP contribution in [0.5, 0.6) is 0 Å². The number of carbonyl (C=O) groups is 2. The predicted octanol–water partition coefficient (Wildman–Crippen LogP) is 4.22. The number of fused-ring (bicyclic) bond motifs is 1. The van der Waals surface area contributed by atoms with Crippen molar-refractivity contribution >= 4 is 33.2 Å². The standard InChI is InChI=1S/C17H10F2O3S/c18-12-6-5-10(7-13(12)19)14(20)9-22-17(21)16-8-11-3-1-2-4-15(11)23-16/h1-8H,9H2. The lowest BCUT2D eigenvalue weighted by Gasteiger charge is -2.03. The molecule has 0 saturated heterocycles. The van der Waals surface area contributed by atoms with E-state index in [1.54, 1.807) is 6.07 Å². The molecule has 0 aliphatic carbocycles. The van der Waals surface area contributed by atoms with Crippen LogP contribution in [0.4, 0.5) is 8.78 Å². The van der Waals surface area contributed by atoms with Crippen LogP contribution in [0.2, 0.25) is 0 Å². The first-order valence-electron chi connectivity index (χ1n) is 6.68. The fraction of sp³-hybridized carbons (Fsp3) is 0.0588. The summed E-state index contributed by atoms with van der Waals surface area (Å²) in [5, 5.41) is 0.913. The fourth-order valence-corrected chi connectivity index (χ4v) is 2.99. The van der Waals surface area contributed by atoms with E-state index in [-0.39, 0.29) is 5.56 Å². The Kier molecular flexibility index (Phi) is 4.16. The fourth-order valence-electron chi connectivity index (χ4n) is 2.04. The summed E-state index contributed by atoms with van der Waals surface area (Å²) >= 11 is 1.26. The van der Waals surface area contributed by atoms with Gasteiger partial charge in [-0.25, -0.2) is 13.6 Å². The summed E-state index contributed by atoms with van der Waals surface area (Å²) in [6.45, 7) is -0.530. The Morgan fingerprint density at radius 2 is 1.78 bits per heavy atom. The van der Waals surface area contributed by atoms with Gasteiger partial charge in [0.25, 0.3) is 0 Å². The molecule has 0 radical (unpaired) electrons. The summed E-state index contributed by atoms with van der Waals surface area (Å²) in [5.74, 6) is -3.38. The lowest BCUT2D eigenvalue weighted by molar-refractivity contribution is 0.0479. The van der Waals surface area contributed by atoms with E-state index >= 15 is 0 Å². The topological polar surface area (TPSA) is 43.4 Å². The largest absolute Gasteiger partial charge is 0.453 e. The van der Waals surface area contributed by atoms with Crippen molar-refractivity contribution in [2.75, 3.05) is 6.61 Å². The maximum Gasteiger partial charge on any atom is 0.348 e. The van der Waals surface area contributed by atoms with Crippen LogP contribution in [0.25, 0.3) is 10.1 Å². The molecule has 23 heavy (non-hydrogen) atoms. The van der Waals surface area contributed by atoms with Gasteiger partial charge in [0, 0.05) is 10.3 Å². The summed E-state index contributed by atoms with van der Waals surface area (Å²) in [6.07, 6.45) is 0.